The summed E-state index contributed by atoms with van der Waals surface area (Å²) in [6, 6.07) is 1.84. The van der Waals surface area contributed by atoms with Crippen molar-refractivity contribution >= 4 is 11.9 Å². The summed E-state index contributed by atoms with van der Waals surface area (Å²) < 4.78 is 15.0. The average Bonchev–Trinajstić information content (AvgIpc) is 2.86. The van der Waals surface area contributed by atoms with E-state index in [2.05, 4.69) is 9.64 Å². The molecule has 0 radical (unpaired) electrons. The number of carbonyl (C=O) groups is 2. The summed E-state index contributed by atoms with van der Waals surface area (Å²) in [7, 11) is 2.75. The van der Waals surface area contributed by atoms with Crippen molar-refractivity contribution in [1.82, 2.24) is 4.90 Å². The molecule has 0 aliphatic carbocycles. The first-order valence-corrected chi connectivity index (χ1v) is 7.03. The van der Waals surface area contributed by atoms with Gasteiger partial charge < -0.3 is 13.9 Å². The number of ether oxygens (including phenoxy) is 2. The third-order valence-corrected chi connectivity index (χ3v) is 3.76. The molecule has 0 N–H and O–H groups in total. The van der Waals surface area contributed by atoms with Crippen molar-refractivity contribution < 1.29 is 23.5 Å². The maximum absolute atomic E-state index is 11.6. The molecule has 0 aromatic carbocycles. The van der Waals surface area contributed by atoms with Gasteiger partial charge in [-0.05, 0) is 32.4 Å². The minimum absolute atomic E-state index is 0.0834. The Balaban J connectivity index is 2.01. The molecule has 1 aliphatic rings. The molecule has 0 saturated carbocycles. The van der Waals surface area contributed by atoms with Gasteiger partial charge in [0.2, 0.25) is 5.76 Å². The number of rotatable bonds is 4. The largest absolute Gasteiger partial charge is 0.469 e. The lowest BCUT2D eigenvalue weighted by atomic mass is 9.98. The quantitative estimate of drug-likeness (QED) is 0.788. The highest BCUT2D eigenvalue weighted by Crippen LogP contribution is 2.22. The van der Waals surface area contributed by atoms with Gasteiger partial charge in [0.05, 0.1) is 26.7 Å². The van der Waals surface area contributed by atoms with Gasteiger partial charge in [0.25, 0.3) is 0 Å². The fourth-order valence-electron chi connectivity index (χ4n) is 2.70. The van der Waals surface area contributed by atoms with Crippen LogP contribution < -0.4 is 0 Å². The number of hydrogen-bond acceptors (Lipinski definition) is 6. The first-order valence-electron chi connectivity index (χ1n) is 7.03. The lowest BCUT2D eigenvalue weighted by Crippen LogP contribution is -2.38. The van der Waals surface area contributed by atoms with E-state index in [-0.39, 0.29) is 17.6 Å². The van der Waals surface area contributed by atoms with Crippen LogP contribution >= 0.6 is 0 Å². The van der Waals surface area contributed by atoms with E-state index in [4.69, 9.17) is 9.15 Å². The summed E-state index contributed by atoms with van der Waals surface area (Å²) in [4.78, 5) is 25.3. The van der Waals surface area contributed by atoms with Crippen molar-refractivity contribution in [2.75, 3.05) is 27.3 Å². The van der Waals surface area contributed by atoms with Gasteiger partial charge in [0.1, 0.15) is 5.76 Å². The zero-order chi connectivity index (χ0) is 15.4. The van der Waals surface area contributed by atoms with E-state index in [0.29, 0.717) is 18.8 Å². The Morgan fingerprint density at radius 1 is 1.38 bits per heavy atom. The summed E-state index contributed by atoms with van der Waals surface area (Å²) in [6.07, 6.45) is 1.80. The van der Waals surface area contributed by atoms with Crippen molar-refractivity contribution in [3.63, 3.8) is 0 Å². The second-order valence-electron chi connectivity index (χ2n) is 5.31. The first kappa shape index (κ1) is 15.6. The van der Waals surface area contributed by atoms with Crippen LogP contribution in [0.15, 0.2) is 10.5 Å². The van der Waals surface area contributed by atoms with Crippen molar-refractivity contribution in [1.29, 1.82) is 0 Å². The molecule has 0 bridgehead atoms. The average molecular weight is 295 g/mol. The molecule has 1 aromatic rings. The minimum Gasteiger partial charge on any atom is -0.469 e. The number of piperidine rings is 1. The Bertz CT molecular complexity index is 522. The van der Waals surface area contributed by atoms with Gasteiger partial charge >= 0.3 is 11.9 Å². The Hall–Kier alpha value is -1.82. The van der Waals surface area contributed by atoms with Crippen LogP contribution in [0.2, 0.25) is 0 Å². The number of furan rings is 1. The third-order valence-electron chi connectivity index (χ3n) is 3.76. The molecule has 0 amide bonds. The molecular weight excluding hydrogens is 274 g/mol. The molecule has 2 rings (SSSR count). The summed E-state index contributed by atoms with van der Waals surface area (Å²) in [5.41, 5.74) is 0.762. The molecule has 1 aromatic heterocycles. The maximum atomic E-state index is 11.6. The highest BCUT2D eigenvalue weighted by molar-refractivity contribution is 5.87. The molecular formula is C15H21NO5. The zero-order valence-electron chi connectivity index (χ0n) is 12.7. The lowest BCUT2D eigenvalue weighted by molar-refractivity contribution is -0.147. The highest BCUT2D eigenvalue weighted by Gasteiger charge is 2.27. The van der Waals surface area contributed by atoms with E-state index in [1.54, 1.807) is 0 Å². The predicted octanol–water partition coefficient (Wildman–Crippen LogP) is 1.76. The first-order chi connectivity index (χ1) is 10.0. The van der Waals surface area contributed by atoms with Gasteiger partial charge in [-0.15, -0.1) is 0 Å². The molecule has 0 unspecified atom stereocenters. The zero-order valence-corrected chi connectivity index (χ0v) is 12.7. The number of nitrogens with zero attached hydrogens (tertiary/aromatic N) is 1. The van der Waals surface area contributed by atoms with Gasteiger partial charge in [0.15, 0.2) is 0 Å². The van der Waals surface area contributed by atoms with Crippen molar-refractivity contribution in [2.24, 2.45) is 5.92 Å². The number of likely N-dealkylation sites (tertiary alicyclic amines) is 1. The number of methoxy groups -OCH3 is 2. The van der Waals surface area contributed by atoms with Crippen LogP contribution in [-0.2, 0) is 20.8 Å². The molecule has 21 heavy (non-hydrogen) atoms. The third kappa shape index (κ3) is 3.64. The van der Waals surface area contributed by atoms with Crippen molar-refractivity contribution in [3.8, 4) is 0 Å². The highest BCUT2D eigenvalue weighted by atomic mass is 16.5. The van der Waals surface area contributed by atoms with E-state index in [1.165, 1.54) is 14.2 Å². The minimum atomic E-state index is -0.468. The summed E-state index contributed by atoms with van der Waals surface area (Å²) in [5.74, 6) is 0.239. The number of esters is 2. The topological polar surface area (TPSA) is 69.0 Å². The summed E-state index contributed by atoms with van der Waals surface area (Å²) in [6.45, 7) is 3.94. The molecule has 6 heteroatoms. The van der Waals surface area contributed by atoms with Crippen molar-refractivity contribution in [3.05, 3.63) is 23.2 Å². The second-order valence-corrected chi connectivity index (χ2v) is 5.31. The lowest BCUT2D eigenvalue weighted by Gasteiger charge is -2.30. The Labute approximate surface area is 124 Å². The van der Waals surface area contributed by atoms with Crippen LogP contribution in [0.5, 0.6) is 0 Å². The maximum Gasteiger partial charge on any atom is 0.374 e. The molecule has 1 atom stereocenters. The second kappa shape index (κ2) is 6.76. The van der Waals surface area contributed by atoms with E-state index >= 15 is 0 Å². The molecule has 116 valence electrons. The molecule has 0 spiro atoms. The molecule has 1 fully saturated rings. The normalized spacial score (nSPS) is 19.3. The number of aryl methyl sites for hydroxylation is 1. The van der Waals surface area contributed by atoms with Gasteiger partial charge in [-0.3, -0.25) is 9.69 Å². The Kier molecular flexibility index (Phi) is 5.01. The van der Waals surface area contributed by atoms with Gasteiger partial charge in [-0.2, -0.15) is 0 Å². The van der Waals surface area contributed by atoms with E-state index < -0.39 is 5.97 Å². The predicted molar refractivity (Wildman–Crippen MR) is 74.8 cm³/mol. The molecule has 2 heterocycles. The van der Waals surface area contributed by atoms with E-state index in [9.17, 15) is 9.59 Å². The SMILES string of the molecule is COC(=O)c1oc(CN2CCC[C@H](C(=O)OC)C2)cc1C. The molecule has 1 aliphatic heterocycles. The summed E-state index contributed by atoms with van der Waals surface area (Å²) >= 11 is 0. The van der Waals surface area contributed by atoms with Gasteiger partial charge in [-0.1, -0.05) is 0 Å². The fourth-order valence-corrected chi connectivity index (χ4v) is 2.70. The van der Waals surface area contributed by atoms with Crippen LogP contribution in [-0.4, -0.2) is 44.1 Å². The van der Waals surface area contributed by atoms with E-state index in [0.717, 1.165) is 24.9 Å². The fraction of sp³-hybridized carbons (Fsp3) is 0.600. The number of carbonyl (C=O) groups excluding carboxylic acids is 2. The van der Waals surface area contributed by atoms with Crippen LogP contribution in [0.3, 0.4) is 0 Å². The summed E-state index contributed by atoms with van der Waals surface area (Å²) in [5, 5.41) is 0. The Morgan fingerprint density at radius 2 is 2.14 bits per heavy atom. The standard InChI is InChI=1S/C15H21NO5/c1-10-7-12(21-13(10)15(18)20-3)9-16-6-4-5-11(8-16)14(17)19-2/h7,11H,4-6,8-9H2,1-3H3/t11-/m0/s1. The van der Waals surface area contributed by atoms with Crippen LogP contribution in [0, 0.1) is 12.8 Å². The monoisotopic (exact) mass is 295 g/mol. The van der Waals surface area contributed by atoms with Crippen LogP contribution in [0.25, 0.3) is 0 Å². The molecule has 1 saturated heterocycles. The number of hydrogen-bond donors (Lipinski definition) is 0. The van der Waals surface area contributed by atoms with Crippen molar-refractivity contribution in [2.45, 2.75) is 26.3 Å². The Morgan fingerprint density at radius 3 is 2.81 bits per heavy atom. The van der Waals surface area contributed by atoms with Crippen LogP contribution in [0.4, 0.5) is 0 Å². The van der Waals surface area contributed by atoms with Gasteiger partial charge in [0, 0.05) is 12.1 Å². The van der Waals surface area contributed by atoms with Crippen LogP contribution in [0.1, 0.15) is 34.7 Å². The molecule has 6 nitrogen and oxygen atoms in total. The smallest absolute Gasteiger partial charge is 0.374 e. The van der Waals surface area contributed by atoms with Gasteiger partial charge in [-0.25, -0.2) is 4.79 Å². The van der Waals surface area contributed by atoms with E-state index in [1.807, 2.05) is 13.0 Å².